The molecule has 0 aliphatic rings. The number of hydrogen-bond donors (Lipinski definition) is 1. The smallest absolute Gasteiger partial charge is 0.259 e. The minimum atomic E-state index is -0.390. The second kappa shape index (κ2) is 5.40. The first kappa shape index (κ1) is 13.5. The molecule has 0 saturated heterocycles. The van der Waals surface area contributed by atoms with Crippen LogP contribution >= 0.6 is 15.9 Å². The van der Waals surface area contributed by atoms with E-state index in [4.69, 9.17) is 5.73 Å². The van der Waals surface area contributed by atoms with E-state index in [0.29, 0.717) is 15.7 Å². The first-order chi connectivity index (χ1) is 8.99. The molecule has 98 valence electrons. The van der Waals surface area contributed by atoms with Crippen molar-refractivity contribution >= 4 is 33.2 Å². The lowest BCUT2D eigenvalue weighted by Crippen LogP contribution is -2.26. The van der Waals surface area contributed by atoms with Gasteiger partial charge in [-0.15, -0.1) is 0 Å². The lowest BCUT2D eigenvalue weighted by molar-refractivity contribution is 0.0992. The molecule has 5 heteroatoms. The number of carbonyl (C=O) groups excluding carboxylic acids is 1. The predicted octanol–water partition coefficient (Wildman–Crippen LogP) is 3.45. The fourth-order valence-corrected chi connectivity index (χ4v) is 2.18. The molecule has 0 aromatic heterocycles. The standard InChI is InChI=1S/C14H12BrFN2O/c1-18(11-5-3-10(17)4-6-11)14(19)12-7-2-9(16)8-13(12)15/h2-8H,17H2,1H3. The van der Waals surface area contributed by atoms with Crippen molar-refractivity contribution in [2.75, 3.05) is 17.7 Å². The summed E-state index contributed by atoms with van der Waals surface area (Å²) in [5.74, 6) is -0.616. The highest BCUT2D eigenvalue weighted by molar-refractivity contribution is 9.10. The Bertz CT molecular complexity index is 613. The molecule has 0 fully saturated rings. The van der Waals surface area contributed by atoms with E-state index in [9.17, 15) is 9.18 Å². The summed E-state index contributed by atoms with van der Waals surface area (Å²) in [6.45, 7) is 0. The van der Waals surface area contributed by atoms with Gasteiger partial charge in [-0.25, -0.2) is 4.39 Å². The second-order valence-corrected chi connectivity index (χ2v) is 4.93. The van der Waals surface area contributed by atoms with Crippen LogP contribution < -0.4 is 10.6 Å². The van der Waals surface area contributed by atoms with Gasteiger partial charge in [-0.2, -0.15) is 0 Å². The average molecular weight is 323 g/mol. The zero-order chi connectivity index (χ0) is 14.0. The molecule has 3 nitrogen and oxygen atoms in total. The van der Waals surface area contributed by atoms with Crippen LogP contribution in [0.25, 0.3) is 0 Å². The molecule has 0 atom stereocenters. The van der Waals surface area contributed by atoms with E-state index in [0.717, 1.165) is 5.69 Å². The van der Waals surface area contributed by atoms with E-state index < -0.39 is 5.82 Å². The zero-order valence-electron chi connectivity index (χ0n) is 10.2. The Hall–Kier alpha value is -1.88. The Balaban J connectivity index is 2.30. The summed E-state index contributed by atoms with van der Waals surface area (Å²) in [6.07, 6.45) is 0. The van der Waals surface area contributed by atoms with E-state index in [2.05, 4.69) is 15.9 Å². The van der Waals surface area contributed by atoms with Crippen molar-refractivity contribution in [3.63, 3.8) is 0 Å². The number of hydrogen-bond acceptors (Lipinski definition) is 2. The van der Waals surface area contributed by atoms with Gasteiger partial charge in [0.05, 0.1) is 5.56 Å². The van der Waals surface area contributed by atoms with Crippen LogP contribution in [-0.4, -0.2) is 13.0 Å². The summed E-state index contributed by atoms with van der Waals surface area (Å²) in [6, 6.07) is 10.9. The number of anilines is 2. The minimum absolute atomic E-state index is 0.225. The van der Waals surface area contributed by atoms with Gasteiger partial charge in [0.2, 0.25) is 0 Å². The van der Waals surface area contributed by atoms with Gasteiger partial charge in [-0.05, 0) is 58.4 Å². The molecular weight excluding hydrogens is 311 g/mol. The van der Waals surface area contributed by atoms with Crippen molar-refractivity contribution < 1.29 is 9.18 Å². The molecule has 0 radical (unpaired) electrons. The van der Waals surface area contributed by atoms with Gasteiger partial charge < -0.3 is 10.6 Å². The molecule has 0 saturated carbocycles. The summed E-state index contributed by atoms with van der Waals surface area (Å²) >= 11 is 3.19. The first-order valence-corrected chi connectivity index (χ1v) is 6.37. The van der Waals surface area contributed by atoms with E-state index in [1.807, 2.05) is 0 Å². The SMILES string of the molecule is CN(C(=O)c1ccc(F)cc1Br)c1ccc(N)cc1. The van der Waals surface area contributed by atoms with E-state index in [1.54, 1.807) is 31.3 Å². The van der Waals surface area contributed by atoms with E-state index in [-0.39, 0.29) is 5.91 Å². The quantitative estimate of drug-likeness (QED) is 0.861. The van der Waals surface area contributed by atoms with Crippen LogP contribution in [-0.2, 0) is 0 Å². The Kier molecular flexibility index (Phi) is 3.85. The summed E-state index contributed by atoms with van der Waals surface area (Å²) in [7, 11) is 1.66. The predicted molar refractivity (Wildman–Crippen MR) is 77.7 cm³/mol. The minimum Gasteiger partial charge on any atom is -0.399 e. The maximum Gasteiger partial charge on any atom is 0.259 e. The third-order valence-corrected chi connectivity index (χ3v) is 3.40. The Labute approximate surface area is 119 Å². The van der Waals surface area contributed by atoms with Crippen LogP contribution in [0.3, 0.4) is 0 Å². The first-order valence-electron chi connectivity index (χ1n) is 5.57. The van der Waals surface area contributed by atoms with Crippen LogP contribution in [0.2, 0.25) is 0 Å². The third kappa shape index (κ3) is 2.93. The van der Waals surface area contributed by atoms with Crippen molar-refractivity contribution in [3.8, 4) is 0 Å². The Morgan fingerprint density at radius 1 is 1.21 bits per heavy atom. The number of amides is 1. The van der Waals surface area contributed by atoms with Crippen LogP contribution in [0.4, 0.5) is 15.8 Å². The maximum atomic E-state index is 13.0. The Morgan fingerprint density at radius 3 is 2.42 bits per heavy atom. The Morgan fingerprint density at radius 2 is 1.84 bits per heavy atom. The molecule has 2 aromatic carbocycles. The van der Waals surface area contributed by atoms with Gasteiger partial charge >= 0.3 is 0 Å². The molecule has 2 rings (SSSR count). The summed E-state index contributed by atoms with van der Waals surface area (Å²) in [4.78, 5) is 13.8. The van der Waals surface area contributed by atoms with Crippen molar-refractivity contribution in [1.82, 2.24) is 0 Å². The summed E-state index contributed by atoms with van der Waals surface area (Å²) in [5.41, 5.74) is 7.36. The van der Waals surface area contributed by atoms with Gasteiger partial charge in [0.1, 0.15) is 5.82 Å². The number of nitrogens with two attached hydrogens (primary N) is 1. The van der Waals surface area contributed by atoms with Crippen LogP contribution in [0.5, 0.6) is 0 Å². The number of carbonyl (C=O) groups is 1. The maximum absolute atomic E-state index is 13.0. The largest absolute Gasteiger partial charge is 0.399 e. The molecule has 0 unspecified atom stereocenters. The summed E-state index contributed by atoms with van der Waals surface area (Å²) in [5, 5.41) is 0. The molecule has 0 aliphatic carbocycles. The van der Waals surface area contributed by atoms with Gasteiger partial charge in [-0.1, -0.05) is 0 Å². The fourth-order valence-electron chi connectivity index (χ4n) is 1.66. The number of nitrogen functional groups attached to an aromatic ring is 1. The second-order valence-electron chi connectivity index (χ2n) is 4.08. The fraction of sp³-hybridized carbons (Fsp3) is 0.0714. The van der Waals surface area contributed by atoms with E-state index in [1.165, 1.54) is 23.1 Å². The van der Waals surface area contributed by atoms with Crippen molar-refractivity contribution in [1.29, 1.82) is 0 Å². The highest BCUT2D eigenvalue weighted by Crippen LogP contribution is 2.22. The van der Waals surface area contributed by atoms with Gasteiger partial charge in [0, 0.05) is 22.9 Å². The molecule has 0 spiro atoms. The van der Waals surface area contributed by atoms with Crippen LogP contribution in [0.15, 0.2) is 46.9 Å². The molecule has 1 amide bonds. The number of nitrogens with zero attached hydrogens (tertiary/aromatic N) is 1. The molecule has 19 heavy (non-hydrogen) atoms. The molecule has 2 N–H and O–H groups in total. The number of halogens is 2. The van der Waals surface area contributed by atoms with Crippen molar-refractivity contribution in [2.45, 2.75) is 0 Å². The molecule has 0 heterocycles. The monoisotopic (exact) mass is 322 g/mol. The number of benzene rings is 2. The van der Waals surface area contributed by atoms with Gasteiger partial charge in [-0.3, -0.25) is 4.79 Å². The van der Waals surface area contributed by atoms with Crippen LogP contribution in [0.1, 0.15) is 10.4 Å². The van der Waals surface area contributed by atoms with Crippen molar-refractivity contribution in [2.24, 2.45) is 0 Å². The zero-order valence-corrected chi connectivity index (χ0v) is 11.8. The topological polar surface area (TPSA) is 46.3 Å². The normalized spacial score (nSPS) is 10.3. The average Bonchev–Trinajstić information content (AvgIpc) is 2.38. The third-order valence-electron chi connectivity index (χ3n) is 2.75. The van der Waals surface area contributed by atoms with E-state index >= 15 is 0 Å². The molecule has 0 aliphatic heterocycles. The van der Waals surface area contributed by atoms with Crippen molar-refractivity contribution in [3.05, 3.63) is 58.3 Å². The van der Waals surface area contributed by atoms with Gasteiger partial charge in [0.25, 0.3) is 5.91 Å². The molecular formula is C14H12BrFN2O. The summed E-state index contributed by atoms with van der Waals surface area (Å²) < 4.78 is 13.4. The lowest BCUT2D eigenvalue weighted by Gasteiger charge is -2.18. The highest BCUT2D eigenvalue weighted by atomic mass is 79.9. The lowest BCUT2D eigenvalue weighted by atomic mass is 10.2. The number of rotatable bonds is 2. The van der Waals surface area contributed by atoms with Crippen LogP contribution in [0, 0.1) is 5.82 Å². The highest BCUT2D eigenvalue weighted by Gasteiger charge is 2.16. The molecule has 0 bridgehead atoms. The molecule has 2 aromatic rings. The van der Waals surface area contributed by atoms with Gasteiger partial charge in [0.15, 0.2) is 0 Å².